The van der Waals surface area contributed by atoms with Crippen molar-refractivity contribution in [3.05, 3.63) is 29.3 Å². The number of carboxylic acids is 1. The number of aryl methyl sites for hydroxylation is 1. The van der Waals surface area contributed by atoms with Crippen molar-refractivity contribution in [2.24, 2.45) is 0 Å². The Bertz CT molecular complexity index is 388. The zero-order chi connectivity index (χ0) is 14.8. The molecule has 0 fully saturated rings. The quantitative estimate of drug-likeness (QED) is 0.783. The third-order valence-corrected chi connectivity index (χ3v) is 2.80. The van der Waals surface area contributed by atoms with Gasteiger partial charge in [-0.2, -0.15) is 0 Å². The largest absolute Gasteiger partial charge is 0.478 e. The first-order valence-corrected chi connectivity index (χ1v) is 7.15. The SMILES string of the molecule is CC.CCCCC(C)Nc1cc(C)ccc1C(=O)O. The van der Waals surface area contributed by atoms with Crippen LogP contribution in [0.15, 0.2) is 18.2 Å². The molecule has 19 heavy (non-hydrogen) atoms. The molecule has 0 radical (unpaired) electrons. The van der Waals surface area contributed by atoms with Crippen molar-refractivity contribution in [2.75, 3.05) is 5.32 Å². The van der Waals surface area contributed by atoms with Gasteiger partial charge in [0.05, 0.1) is 5.56 Å². The zero-order valence-electron chi connectivity index (χ0n) is 12.8. The molecule has 1 aromatic rings. The van der Waals surface area contributed by atoms with Crippen LogP contribution in [-0.4, -0.2) is 17.1 Å². The Hall–Kier alpha value is -1.51. The number of benzene rings is 1. The van der Waals surface area contributed by atoms with Gasteiger partial charge < -0.3 is 10.4 Å². The Labute approximate surface area is 117 Å². The van der Waals surface area contributed by atoms with E-state index in [9.17, 15) is 4.79 Å². The lowest BCUT2D eigenvalue weighted by atomic mass is 10.1. The van der Waals surface area contributed by atoms with Crippen LogP contribution >= 0.6 is 0 Å². The minimum atomic E-state index is -0.879. The predicted octanol–water partition coefficient (Wildman–Crippen LogP) is 4.71. The molecule has 0 aliphatic carbocycles. The van der Waals surface area contributed by atoms with E-state index in [-0.39, 0.29) is 0 Å². The van der Waals surface area contributed by atoms with E-state index in [1.807, 2.05) is 32.9 Å². The third-order valence-electron chi connectivity index (χ3n) is 2.80. The zero-order valence-corrected chi connectivity index (χ0v) is 12.8. The normalized spacial score (nSPS) is 11.2. The van der Waals surface area contributed by atoms with Gasteiger partial charge in [0.25, 0.3) is 0 Å². The fourth-order valence-corrected chi connectivity index (χ4v) is 1.81. The monoisotopic (exact) mass is 265 g/mol. The molecule has 0 saturated carbocycles. The van der Waals surface area contributed by atoms with Gasteiger partial charge in [-0.15, -0.1) is 0 Å². The molecule has 0 bridgehead atoms. The number of rotatable bonds is 6. The number of aromatic carboxylic acids is 1. The molecule has 0 heterocycles. The van der Waals surface area contributed by atoms with E-state index in [0.717, 1.165) is 30.5 Å². The molecule has 0 aliphatic heterocycles. The lowest BCUT2D eigenvalue weighted by Gasteiger charge is -2.17. The highest BCUT2D eigenvalue weighted by atomic mass is 16.4. The van der Waals surface area contributed by atoms with E-state index >= 15 is 0 Å². The summed E-state index contributed by atoms with van der Waals surface area (Å²) in [7, 11) is 0. The van der Waals surface area contributed by atoms with E-state index in [4.69, 9.17) is 5.11 Å². The van der Waals surface area contributed by atoms with E-state index < -0.39 is 5.97 Å². The molecule has 1 atom stereocenters. The highest BCUT2D eigenvalue weighted by Gasteiger charge is 2.11. The molecule has 1 rings (SSSR count). The molecular weight excluding hydrogens is 238 g/mol. The van der Waals surface area contributed by atoms with E-state index in [1.165, 1.54) is 0 Å². The minimum Gasteiger partial charge on any atom is -0.478 e. The molecule has 3 heteroatoms. The average Bonchev–Trinajstić information content (AvgIpc) is 2.38. The molecule has 1 unspecified atom stereocenters. The van der Waals surface area contributed by atoms with E-state index in [2.05, 4.69) is 19.2 Å². The standard InChI is InChI=1S/C14H21NO2.C2H6/c1-4-5-6-11(3)15-13-9-10(2)7-8-12(13)14(16)17;1-2/h7-9,11,15H,4-6H2,1-3H3,(H,16,17);1-2H3. The first-order valence-electron chi connectivity index (χ1n) is 7.15. The van der Waals surface area contributed by atoms with E-state index in [0.29, 0.717) is 11.6 Å². The summed E-state index contributed by atoms with van der Waals surface area (Å²) in [5.74, 6) is -0.879. The van der Waals surface area contributed by atoms with Crippen LogP contribution in [0.1, 0.15) is 62.9 Å². The van der Waals surface area contributed by atoms with Gasteiger partial charge in [-0.05, 0) is 38.0 Å². The Morgan fingerprint density at radius 3 is 2.53 bits per heavy atom. The van der Waals surface area contributed by atoms with Crippen molar-refractivity contribution in [3.8, 4) is 0 Å². The van der Waals surface area contributed by atoms with Crippen molar-refractivity contribution < 1.29 is 9.90 Å². The molecule has 0 aromatic heterocycles. The third kappa shape index (κ3) is 6.27. The van der Waals surface area contributed by atoms with Gasteiger partial charge >= 0.3 is 5.97 Å². The summed E-state index contributed by atoms with van der Waals surface area (Å²) < 4.78 is 0. The van der Waals surface area contributed by atoms with Crippen molar-refractivity contribution in [2.45, 2.75) is 59.9 Å². The van der Waals surface area contributed by atoms with Gasteiger partial charge in [-0.25, -0.2) is 4.79 Å². The number of carbonyl (C=O) groups is 1. The highest BCUT2D eigenvalue weighted by molar-refractivity contribution is 5.94. The van der Waals surface area contributed by atoms with Crippen LogP contribution in [0.5, 0.6) is 0 Å². The smallest absolute Gasteiger partial charge is 0.337 e. The van der Waals surface area contributed by atoms with Crippen molar-refractivity contribution in [1.82, 2.24) is 0 Å². The number of hydrogen-bond donors (Lipinski definition) is 2. The number of carboxylic acid groups (broad SMARTS) is 1. The molecular formula is C16H27NO2. The topological polar surface area (TPSA) is 49.3 Å². The average molecular weight is 265 g/mol. The highest BCUT2D eigenvalue weighted by Crippen LogP contribution is 2.19. The Morgan fingerprint density at radius 2 is 2.00 bits per heavy atom. The summed E-state index contributed by atoms with van der Waals surface area (Å²) in [5.41, 5.74) is 2.14. The van der Waals surface area contributed by atoms with Crippen LogP contribution < -0.4 is 5.32 Å². The van der Waals surface area contributed by atoms with Crippen LogP contribution in [0.25, 0.3) is 0 Å². The lowest BCUT2D eigenvalue weighted by molar-refractivity contribution is 0.0698. The molecule has 0 saturated heterocycles. The molecule has 0 amide bonds. The summed E-state index contributed by atoms with van der Waals surface area (Å²) in [6, 6.07) is 5.68. The second-order valence-corrected chi connectivity index (χ2v) is 4.54. The van der Waals surface area contributed by atoms with Crippen LogP contribution in [0, 0.1) is 6.92 Å². The summed E-state index contributed by atoms with van der Waals surface area (Å²) in [4.78, 5) is 11.1. The van der Waals surface area contributed by atoms with Crippen molar-refractivity contribution in [3.63, 3.8) is 0 Å². The van der Waals surface area contributed by atoms with Gasteiger partial charge in [0.2, 0.25) is 0 Å². The fourth-order valence-electron chi connectivity index (χ4n) is 1.81. The number of nitrogens with one attached hydrogen (secondary N) is 1. The molecule has 0 spiro atoms. The summed E-state index contributed by atoms with van der Waals surface area (Å²) in [5, 5.41) is 12.4. The van der Waals surface area contributed by atoms with Gasteiger partial charge in [-0.3, -0.25) is 0 Å². The maximum absolute atomic E-state index is 11.1. The second kappa shape index (κ2) is 9.42. The Balaban J connectivity index is 0.00000154. The van der Waals surface area contributed by atoms with Crippen molar-refractivity contribution >= 4 is 11.7 Å². The van der Waals surface area contributed by atoms with Gasteiger partial charge in [-0.1, -0.05) is 39.7 Å². The summed E-state index contributed by atoms with van der Waals surface area (Å²) in [6.07, 6.45) is 3.37. The first-order chi connectivity index (χ1) is 9.04. The molecule has 1 aromatic carbocycles. The van der Waals surface area contributed by atoms with E-state index in [1.54, 1.807) is 6.07 Å². The van der Waals surface area contributed by atoms with Crippen LogP contribution in [0.2, 0.25) is 0 Å². The fraction of sp³-hybridized carbons (Fsp3) is 0.562. The first kappa shape index (κ1) is 17.5. The molecule has 108 valence electrons. The molecule has 3 nitrogen and oxygen atoms in total. The molecule has 0 aliphatic rings. The number of unbranched alkanes of at least 4 members (excludes halogenated alkanes) is 1. The van der Waals surface area contributed by atoms with Gasteiger partial charge in [0.1, 0.15) is 0 Å². The maximum atomic E-state index is 11.1. The molecule has 2 N–H and O–H groups in total. The Morgan fingerprint density at radius 1 is 1.37 bits per heavy atom. The van der Waals surface area contributed by atoms with Gasteiger partial charge in [0.15, 0.2) is 0 Å². The van der Waals surface area contributed by atoms with Crippen LogP contribution in [0.3, 0.4) is 0 Å². The summed E-state index contributed by atoms with van der Waals surface area (Å²) >= 11 is 0. The maximum Gasteiger partial charge on any atom is 0.337 e. The number of anilines is 1. The Kier molecular flexibility index (Phi) is 8.68. The lowest BCUT2D eigenvalue weighted by Crippen LogP contribution is -2.17. The van der Waals surface area contributed by atoms with Crippen molar-refractivity contribution in [1.29, 1.82) is 0 Å². The summed E-state index contributed by atoms with van der Waals surface area (Å²) in [6.45, 7) is 10.2. The minimum absolute atomic E-state index is 0.301. The predicted molar refractivity (Wildman–Crippen MR) is 82.1 cm³/mol. The van der Waals surface area contributed by atoms with Crippen LogP contribution in [-0.2, 0) is 0 Å². The number of hydrogen-bond acceptors (Lipinski definition) is 2. The van der Waals surface area contributed by atoms with Crippen LogP contribution in [0.4, 0.5) is 5.69 Å². The van der Waals surface area contributed by atoms with Gasteiger partial charge in [0, 0.05) is 11.7 Å². The second-order valence-electron chi connectivity index (χ2n) is 4.54.